The number of nitrogens with zero attached hydrogens (tertiary/aromatic N) is 1. The molecule has 0 radical (unpaired) electrons. The van der Waals surface area contributed by atoms with Crippen LogP contribution >= 0.6 is 0 Å². The number of benzene rings is 3. The van der Waals surface area contributed by atoms with Crippen LogP contribution in [0.15, 0.2) is 54.6 Å². The first-order valence-electron chi connectivity index (χ1n) is 9.27. The molecule has 0 aliphatic heterocycles. The van der Waals surface area contributed by atoms with Crippen molar-refractivity contribution in [1.82, 2.24) is 4.57 Å². The molecule has 0 aliphatic carbocycles. The number of carbonyl (C=O) groups excluding carboxylic acids is 1. The number of aromatic nitrogens is 1. The highest BCUT2D eigenvalue weighted by atomic mass is 19.2. The monoisotopic (exact) mass is 378 g/mol. The van der Waals surface area contributed by atoms with Gasteiger partial charge in [0.1, 0.15) is 0 Å². The molecule has 1 amide bonds. The molecular weight excluding hydrogens is 358 g/mol. The SMILES string of the molecule is CCCc1ccc2c3c(C(N)=O)cccc3n(Cc3ccc(F)c(F)c3)c2c1. The Morgan fingerprint density at radius 3 is 2.46 bits per heavy atom. The van der Waals surface area contributed by atoms with Crippen LogP contribution in [0.2, 0.25) is 0 Å². The number of hydrogen-bond donors (Lipinski definition) is 1. The molecule has 0 fully saturated rings. The zero-order valence-corrected chi connectivity index (χ0v) is 15.5. The Bertz CT molecular complexity index is 1210. The largest absolute Gasteiger partial charge is 0.366 e. The van der Waals surface area contributed by atoms with Gasteiger partial charge in [0.05, 0.1) is 5.52 Å². The van der Waals surface area contributed by atoms with E-state index in [1.165, 1.54) is 11.6 Å². The minimum atomic E-state index is -0.872. The van der Waals surface area contributed by atoms with E-state index in [0.717, 1.165) is 40.7 Å². The highest BCUT2D eigenvalue weighted by Gasteiger charge is 2.17. The van der Waals surface area contributed by atoms with Gasteiger partial charge in [0.15, 0.2) is 11.6 Å². The molecule has 0 bridgehead atoms. The summed E-state index contributed by atoms with van der Waals surface area (Å²) in [7, 11) is 0. The number of aryl methyl sites for hydroxylation is 1. The average Bonchev–Trinajstić information content (AvgIpc) is 2.98. The minimum absolute atomic E-state index is 0.356. The molecule has 28 heavy (non-hydrogen) atoms. The fourth-order valence-corrected chi connectivity index (χ4v) is 3.83. The van der Waals surface area contributed by atoms with Crippen molar-refractivity contribution in [3.63, 3.8) is 0 Å². The van der Waals surface area contributed by atoms with E-state index in [2.05, 4.69) is 19.1 Å². The first kappa shape index (κ1) is 18.2. The molecule has 1 heterocycles. The van der Waals surface area contributed by atoms with Crippen molar-refractivity contribution in [3.05, 3.63) is 82.9 Å². The fourth-order valence-electron chi connectivity index (χ4n) is 3.83. The van der Waals surface area contributed by atoms with Crippen molar-refractivity contribution in [3.8, 4) is 0 Å². The van der Waals surface area contributed by atoms with E-state index in [4.69, 9.17) is 5.73 Å². The first-order chi connectivity index (χ1) is 13.5. The van der Waals surface area contributed by atoms with Crippen molar-refractivity contribution in [2.75, 3.05) is 0 Å². The average molecular weight is 378 g/mol. The molecular formula is C23H20F2N2O. The number of rotatable bonds is 5. The number of halogens is 2. The molecule has 2 N–H and O–H groups in total. The van der Waals surface area contributed by atoms with E-state index in [9.17, 15) is 13.6 Å². The van der Waals surface area contributed by atoms with Crippen LogP contribution in [-0.4, -0.2) is 10.5 Å². The van der Waals surface area contributed by atoms with Crippen LogP contribution < -0.4 is 5.73 Å². The molecule has 0 saturated heterocycles. The third-order valence-corrected chi connectivity index (χ3v) is 5.08. The second-order valence-electron chi connectivity index (χ2n) is 7.00. The van der Waals surface area contributed by atoms with Crippen molar-refractivity contribution in [2.45, 2.75) is 26.3 Å². The molecule has 3 nitrogen and oxygen atoms in total. The summed E-state index contributed by atoms with van der Waals surface area (Å²) < 4.78 is 29.1. The zero-order chi connectivity index (χ0) is 19.8. The maximum Gasteiger partial charge on any atom is 0.249 e. The summed E-state index contributed by atoms with van der Waals surface area (Å²) in [4.78, 5) is 12.0. The number of nitrogens with two attached hydrogens (primary N) is 1. The van der Waals surface area contributed by atoms with Gasteiger partial charge in [-0.1, -0.05) is 37.6 Å². The molecule has 0 atom stereocenters. The molecule has 4 rings (SSSR count). The third-order valence-electron chi connectivity index (χ3n) is 5.08. The highest BCUT2D eigenvalue weighted by molar-refractivity contribution is 6.17. The fraction of sp³-hybridized carbons (Fsp3) is 0.174. The van der Waals surface area contributed by atoms with E-state index in [1.54, 1.807) is 18.2 Å². The van der Waals surface area contributed by atoms with E-state index >= 15 is 0 Å². The Morgan fingerprint density at radius 2 is 1.75 bits per heavy atom. The predicted molar refractivity (Wildman–Crippen MR) is 107 cm³/mol. The lowest BCUT2D eigenvalue weighted by atomic mass is 10.0. The van der Waals surface area contributed by atoms with Gasteiger partial charge in [0.25, 0.3) is 0 Å². The Kier molecular flexibility index (Phi) is 4.59. The molecule has 3 aromatic carbocycles. The van der Waals surface area contributed by atoms with E-state index < -0.39 is 17.5 Å². The second-order valence-corrected chi connectivity index (χ2v) is 7.00. The van der Waals surface area contributed by atoms with Gasteiger partial charge in [-0.3, -0.25) is 4.79 Å². The molecule has 142 valence electrons. The molecule has 0 unspecified atom stereocenters. The van der Waals surface area contributed by atoms with Gasteiger partial charge in [-0.15, -0.1) is 0 Å². The lowest BCUT2D eigenvalue weighted by Gasteiger charge is -2.09. The topological polar surface area (TPSA) is 48.0 Å². The molecule has 5 heteroatoms. The Morgan fingerprint density at radius 1 is 0.964 bits per heavy atom. The number of carbonyl (C=O) groups is 1. The Labute approximate surface area is 161 Å². The summed E-state index contributed by atoms with van der Waals surface area (Å²) in [5.41, 5.74) is 9.67. The first-order valence-corrected chi connectivity index (χ1v) is 9.27. The van der Waals surface area contributed by atoms with Crippen molar-refractivity contribution in [1.29, 1.82) is 0 Å². The van der Waals surface area contributed by atoms with Crippen LogP contribution in [0.5, 0.6) is 0 Å². The summed E-state index contributed by atoms with van der Waals surface area (Å²) in [6.45, 7) is 2.47. The molecule has 0 saturated carbocycles. The summed E-state index contributed by atoms with van der Waals surface area (Å²) in [5, 5.41) is 1.71. The van der Waals surface area contributed by atoms with Crippen LogP contribution in [-0.2, 0) is 13.0 Å². The summed E-state index contributed by atoms with van der Waals surface area (Å²) in [6.07, 6.45) is 1.95. The quantitative estimate of drug-likeness (QED) is 0.512. The van der Waals surface area contributed by atoms with Crippen LogP contribution in [0.4, 0.5) is 8.78 Å². The van der Waals surface area contributed by atoms with E-state index in [1.807, 2.05) is 16.7 Å². The molecule has 1 aromatic heterocycles. The van der Waals surface area contributed by atoms with Gasteiger partial charge in [-0.2, -0.15) is 0 Å². The van der Waals surface area contributed by atoms with E-state index in [0.29, 0.717) is 17.7 Å². The summed E-state index contributed by atoms with van der Waals surface area (Å²) in [5.74, 6) is -2.23. The Hall–Kier alpha value is -3.21. The van der Waals surface area contributed by atoms with Crippen LogP contribution in [0.3, 0.4) is 0 Å². The maximum absolute atomic E-state index is 13.7. The van der Waals surface area contributed by atoms with Gasteiger partial charge in [-0.05, 0) is 47.9 Å². The van der Waals surface area contributed by atoms with Crippen LogP contribution in [0, 0.1) is 11.6 Å². The Balaban J connectivity index is 2.00. The minimum Gasteiger partial charge on any atom is -0.366 e. The number of primary amides is 1. The van der Waals surface area contributed by atoms with Crippen molar-refractivity contribution < 1.29 is 13.6 Å². The molecule has 0 aliphatic rings. The normalized spacial score (nSPS) is 11.4. The third kappa shape index (κ3) is 3.03. The van der Waals surface area contributed by atoms with Crippen LogP contribution in [0.25, 0.3) is 21.8 Å². The van der Waals surface area contributed by atoms with Gasteiger partial charge >= 0.3 is 0 Å². The molecule has 4 aromatic rings. The lowest BCUT2D eigenvalue weighted by Crippen LogP contribution is -2.11. The second kappa shape index (κ2) is 7.08. The van der Waals surface area contributed by atoms with Crippen LogP contribution in [0.1, 0.15) is 34.8 Å². The predicted octanol–water partition coefficient (Wildman–Crippen LogP) is 5.17. The summed E-state index contributed by atoms with van der Waals surface area (Å²) in [6, 6.07) is 15.5. The van der Waals surface area contributed by atoms with Gasteiger partial charge < -0.3 is 10.3 Å². The zero-order valence-electron chi connectivity index (χ0n) is 15.5. The standard InChI is InChI=1S/C23H20F2N2O/c1-2-4-14-7-9-16-21(12-14)27(13-15-8-10-18(24)19(25)11-15)20-6-3-5-17(22(16)20)23(26)28/h3,5-12H,2,4,13H2,1H3,(H2,26,28). The van der Waals surface area contributed by atoms with Crippen molar-refractivity contribution >= 4 is 27.7 Å². The van der Waals surface area contributed by atoms with Gasteiger partial charge in [0.2, 0.25) is 5.91 Å². The lowest BCUT2D eigenvalue weighted by molar-refractivity contribution is 0.100. The number of hydrogen-bond acceptors (Lipinski definition) is 1. The van der Waals surface area contributed by atoms with Gasteiger partial charge in [0, 0.05) is 28.4 Å². The number of fused-ring (bicyclic) bond motifs is 3. The smallest absolute Gasteiger partial charge is 0.249 e. The maximum atomic E-state index is 13.7. The van der Waals surface area contributed by atoms with E-state index in [-0.39, 0.29) is 0 Å². The summed E-state index contributed by atoms with van der Waals surface area (Å²) >= 11 is 0. The molecule has 0 spiro atoms. The highest BCUT2D eigenvalue weighted by Crippen LogP contribution is 2.33. The van der Waals surface area contributed by atoms with Crippen molar-refractivity contribution in [2.24, 2.45) is 5.73 Å². The van der Waals surface area contributed by atoms with Gasteiger partial charge in [-0.25, -0.2) is 8.78 Å². The number of amides is 1.